The maximum atomic E-state index is 12.0. The van der Waals surface area contributed by atoms with E-state index < -0.39 is 12.0 Å². The molecule has 0 aliphatic heterocycles. The monoisotopic (exact) mass is 432 g/mol. The number of carboxylic acids is 1. The van der Waals surface area contributed by atoms with Crippen molar-refractivity contribution >= 4 is 29.5 Å². The number of rotatable bonds is 14. The van der Waals surface area contributed by atoms with Crippen LogP contribution in [-0.2, 0) is 19.1 Å². The Bertz CT molecular complexity index is 512. The molecule has 0 saturated heterocycles. The third kappa shape index (κ3) is 18.5. The lowest BCUT2D eigenvalue weighted by atomic mass is 9.90. The number of carbonyl (C=O) groups excluding carboxylic acids is 2. The molecule has 0 aliphatic rings. The molecule has 0 fully saturated rings. The number of carboxylic acid groups (broad SMARTS) is 1. The van der Waals surface area contributed by atoms with Crippen molar-refractivity contribution in [3.63, 3.8) is 0 Å². The van der Waals surface area contributed by atoms with Crippen LogP contribution in [-0.4, -0.2) is 53.8 Å². The zero-order chi connectivity index (χ0) is 22.5. The first-order chi connectivity index (χ1) is 13.3. The Morgan fingerprint density at radius 3 is 2.21 bits per heavy atom. The fourth-order valence-electron chi connectivity index (χ4n) is 2.22. The van der Waals surface area contributed by atoms with E-state index in [4.69, 9.17) is 4.74 Å². The van der Waals surface area contributed by atoms with Gasteiger partial charge in [-0.25, -0.2) is 4.79 Å². The quantitative estimate of drug-likeness (QED) is 0.287. The minimum atomic E-state index is -1.01. The first kappa shape index (κ1) is 27.7. The van der Waals surface area contributed by atoms with Crippen molar-refractivity contribution in [2.24, 2.45) is 10.8 Å². The van der Waals surface area contributed by atoms with Gasteiger partial charge >= 0.3 is 5.97 Å². The molecule has 0 spiro atoms. The average Bonchev–Trinajstić information content (AvgIpc) is 2.57. The molecule has 0 bridgehead atoms. The van der Waals surface area contributed by atoms with Gasteiger partial charge in [0.05, 0.1) is 0 Å². The van der Waals surface area contributed by atoms with Crippen molar-refractivity contribution in [2.45, 2.75) is 79.7 Å². The van der Waals surface area contributed by atoms with Gasteiger partial charge in [0.1, 0.15) is 12.8 Å². The molecule has 0 aromatic heterocycles. The molecule has 3 N–H and O–H groups in total. The van der Waals surface area contributed by atoms with Crippen LogP contribution in [0.1, 0.15) is 73.6 Å². The van der Waals surface area contributed by atoms with Crippen LogP contribution in [0.25, 0.3) is 0 Å². The van der Waals surface area contributed by atoms with Gasteiger partial charge in [-0.15, -0.1) is 0 Å². The highest BCUT2D eigenvalue weighted by atomic mass is 32.2. The van der Waals surface area contributed by atoms with E-state index in [1.165, 1.54) is 0 Å². The van der Waals surface area contributed by atoms with Crippen molar-refractivity contribution < 1.29 is 24.2 Å². The molecule has 0 rings (SSSR count). The fraction of sp³-hybridized carbons (Fsp3) is 0.857. The van der Waals surface area contributed by atoms with Gasteiger partial charge < -0.3 is 20.5 Å². The van der Waals surface area contributed by atoms with E-state index >= 15 is 0 Å². The van der Waals surface area contributed by atoms with E-state index in [0.29, 0.717) is 31.6 Å². The molecule has 0 aromatic carbocycles. The number of ether oxygens (including phenoxy) is 1. The molecule has 1 unspecified atom stereocenters. The van der Waals surface area contributed by atoms with Gasteiger partial charge in [-0.05, 0) is 41.6 Å². The van der Waals surface area contributed by atoms with E-state index in [9.17, 15) is 19.5 Å². The molecular formula is C21H40N2O5S. The van der Waals surface area contributed by atoms with Crippen molar-refractivity contribution in [1.82, 2.24) is 10.6 Å². The Balaban J connectivity index is 3.89. The molecule has 0 aromatic rings. The van der Waals surface area contributed by atoms with Gasteiger partial charge in [0.2, 0.25) is 11.8 Å². The van der Waals surface area contributed by atoms with E-state index in [1.807, 2.05) is 0 Å². The molecule has 0 aliphatic carbocycles. The molecule has 0 heterocycles. The molecule has 2 amide bonds. The normalized spacial score (nSPS) is 13.0. The topological polar surface area (TPSA) is 105 Å². The zero-order valence-electron chi connectivity index (χ0n) is 18.9. The second-order valence-electron chi connectivity index (χ2n) is 9.68. The summed E-state index contributed by atoms with van der Waals surface area (Å²) in [5, 5.41) is 14.5. The summed E-state index contributed by atoms with van der Waals surface area (Å²) in [5.41, 5.74) is 0.309. The molecule has 29 heavy (non-hydrogen) atoms. The Morgan fingerprint density at radius 2 is 1.66 bits per heavy atom. The molecule has 0 radical (unpaired) electrons. The summed E-state index contributed by atoms with van der Waals surface area (Å²) in [6, 6.07) is -0.863. The third-order valence-electron chi connectivity index (χ3n) is 3.89. The highest BCUT2D eigenvalue weighted by molar-refractivity contribution is 7.99. The van der Waals surface area contributed by atoms with Crippen LogP contribution in [0.15, 0.2) is 0 Å². The van der Waals surface area contributed by atoms with Crippen LogP contribution < -0.4 is 10.6 Å². The van der Waals surface area contributed by atoms with Gasteiger partial charge in [0.15, 0.2) is 0 Å². The zero-order valence-corrected chi connectivity index (χ0v) is 19.7. The second kappa shape index (κ2) is 13.9. The summed E-state index contributed by atoms with van der Waals surface area (Å²) in [4.78, 5) is 35.0. The lowest BCUT2D eigenvalue weighted by Gasteiger charge is -2.19. The summed E-state index contributed by atoms with van der Waals surface area (Å²) in [6.07, 6.45) is 2.32. The minimum Gasteiger partial charge on any atom is -0.480 e. The second-order valence-corrected chi connectivity index (χ2v) is 10.8. The number of amides is 2. The largest absolute Gasteiger partial charge is 0.480 e. The van der Waals surface area contributed by atoms with E-state index in [0.717, 1.165) is 12.2 Å². The maximum absolute atomic E-state index is 12.0. The summed E-state index contributed by atoms with van der Waals surface area (Å²) in [5.74, 6) is 0.274. The lowest BCUT2D eigenvalue weighted by Crippen LogP contribution is -2.41. The number of hydrogen-bond donors (Lipinski definition) is 3. The number of nitrogens with one attached hydrogen (secondary N) is 2. The van der Waals surface area contributed by atoms with Gasteiger partial charge in [0, 0.05) is 19.4 Å². The van der Waals surface area contributed by atoms with E-state index in [1.54, 1.807) is 11.8 Å². The Labute approximate surface area is 180 Å². The summed E-state index contributed by atoms with van der Waals surface area (Å²) >= 11 is 1.70. The number of hydrogen-bond acceptors (Lipinski definition) is 5. The van der Waals surface area contributed by atoms with Gasteiger partial charge in [0.25, 0.3) is 0 Å². The smallest absolute Gasteiger partial charge is 0.326 e. The Hall–Kier alpha value is -1.28. The predicted molar refractivity (Wildman–Crippen MR) is 118 cm³/mol. The number of thioether (sulfide) groups is 1. The molecular weight excluding hydrogens is 392 g/mol. The van der Waals surface area contributed by atoms with E-state index in [-0.39, 0.29) is 35.8 Å². The fourth-order valence-corrected chi connectivity index (χ4v) is 3.38. The van der Waals surface area contributed by atoms with Crippen LogP contribution in [0.4, 0.5) is 0 Å². The van der Waals surface area contributed by atoms with Gasteiger partial charge in [-0.3, -0.25) is 9.59 Å². The minimum absolute atomic E-state index is 0.0497. The summed E-state index contributed by atoms with van der Waals surface area (Å²) in [6.45, 7) is 13.1. The van der Waals surface area contributed by atoms with Crippen LogP contribution in [0.3, 0.4) is 0 Å². The highest BCUT2D eigenvalue weighted by Crippen LogP contribution is 2.21. The lowest BCUT2D eigenvalue weighted by molar-refractivity contribution is -0.141. The summed E-state index contributed by atoms with van der Waals surface area (Å²) in [7, 11) is 0. The first-order valence-corrected chi connectivity index (χ1v) is 11.4. The molecule has 1 atom stereocenters. The van der Waals surface area contributed by atoms with Crippen molar-refractivity contribution in [3.05, 3.63) is 0 Å². The van der Waals surface area contributed by atoms with E-state index in [2.05, 4.69) is 52.2 Å². The molecule has 170 valence electrons. The van der Waals surface area contributed by atoms with Crippen LogP contribution >= 0.6 is 11.8 Å². The standard InChI is InChI=1S/C21H40N2O5S/c1-20(2,3)11-9-17(24)22-15-28-12-7-8-18(25)23-16(19(26)27)10-13-29-14-21(4,5)6/h16H,7-15H2,1-6H3,(H,22,24)(H,23,25)(H,26,27). The maximum Gasteiger partial charge on any atom is 0.326 e. The first-order valence-electron chi connectivity index (χ1n) is 10.2. The van der Waals surface area contributed by atoms with Gasteiger partial charge in [-0.1, -0.05) is 41.5 Å². The SMILES string of the molecule is CC(C)(C)CCC(=O)NCOCCCC(=O)NC(CCSCC(C)(C)C)C(=O)O. The molecule has 0 saturated carbocycles. The third-order valence-corrected chi connectivity index (χ3v) is 5.48. The molecule has 7 nitrogen and oxygen atoms in total. The number of carbonyl (C=O) groups is 3. The summed E-state index contributed by atoms with van der Waals surface area (Å²) < 4.78 is 5.32. The average molecular weight is 433 g/mol. The van der Waals surface area contributed by atoms with Crippen molar-refractivity contribution in [1.29, 1.82) is 0 Å². The van der Waals surface area contributed by atoms with Crippen LogP contribution in [0.2, 0.25) is 0 Å². The Kier molecular flexibility index (Phi) is 13.2. The van der Waals surface area contributed by atoms with Crippen LogP contribution in [0, 0.1) is 10.8 Å². The number of aliphatic carboxylic acids is 1. The molecule has 8 heteroatoms. The Morgan fingerprint density at radius 1 is 1.00 bits per heavy atom. The predicted octanol–water partition coefficient (Wildman–Crippen LogP) is 3.42. The van der Waals surface area contributed by atoms with Crippen molar-refractivity contribution in [3.8, 4) is 0 Å². The van der Waals surface area contributed by atoms with Crippen LogP contribution in [0.5, 0.6) is 0 Å². The highest BCUT2D eigenvalue weighted by Gasteiger charge is 2.20. The van der Waals surface area contributed by atoms with Crippen molar-refractivity contribution in [2.75, 3.05) is 24.8 Å². The van der Waals surface area contributed by atoms with Gasteiger partial charge in [-0.2, -0.15) is 11.8 Å².